The molecule has 3 rings (SSSR count). The van der Waals surface area contributed by atoms with E-state index in [0.717, 1.165) is 27.5 Å². The molecule has 0 amide bonds. The van der Waals surface area contributed by atoms with E-state index < -0.39 is 6.10 Å². The summed E-state index contributed by atoms with van der Waals surface area (Å²) in [6, 6.07) is 11.7. The van der Waals surface area contributed by atoms with E-state index in [9.17, 15) is 5.11 Å². The minimum absolute atomic E-state index is 0.610. The van der Waals surface area contributed by atoms with E-state index in [1.807, 2.05) is 44.2 Å². The predicted molar refractivity (Wildman–Crippen MR) is 94.8 cm³/mol. The highest BCUT2D eigenvalue weighted by Crippen LogP contribution is 2.36. The van der Waals surface area contributed by atoms with E-state index >= 15 is 0 Å². The molecule has 0 aliphatic carbocycles. The standard InChI is InChI=1S/C20H21NO3/c1-12-7-13(2)9-15(8-12)20(22)19-16-11-18(24-4)17(23-3)10-14(16)5-6-21-19/h5-11,20,22H,1-4H3. The highest BCUT2D eigenvalue weighted by molar-refractivity contribution is 5.88. The average molecular weight is 323 g/mol. The molecule has 24 heavy (non-hydrogen) atoms. The van der Waals surface area contributed by atoms with Crippen molar-refractivity contribution in [3.8, 4) is 11.5 Å². The molecule has 0 aliphatic rings. The van der Waals surface area contributed by atoms with Gasteiger partial charge in [-0.2, -0.15) is 0 Å². The van der Waals surface area contributed by atoms with Crippen molar-refractivity contribution in [3.05, 3.63) is 65.0 Å². The quantitative estimate of drug-likeness (QED) is 0.790. The summed E-state index contributed by atoms with van der Waals surface area (Å²) in [4.78, 5) is 4.43. The first kappa shape index (κ1) is 16.3. The predicted octanol–water partition coefficient (Wildman–Crippen LogP) is 3.95. The van der Waals surface area contributed by atoms with Crippen LogP contribution in [0.25, 0.3) is 10.8 Å². The van der Waals surface area contributed by atoms with Gasteiger partial charge in [-0.05, 0) is 43.0 Å². The molecule has 0 aliphatic heterocycles. The molecule has 3 aromatic rings. The molecular formula is C20H21NO3. The van der Waals surface area contributed by atoms with Crippen LogP contribution in [0.3, 0.4) is 0 Å². The number of hydrogen-bond acceptors (Lipinski definition) is 4. The smallest absolute Gasteiger partial charge is 0.161 e. The SMILES string of the molecule is COc1cc2ccnc(C(O)c3cc(C)cc(C)c3)c2cc1OC. The molecule has 1 unspecified atom stereocenters. The first-order chi connectivity index (χ1) is 11.5. The van der Waals surface area contributed by atoms with E-state index in [2.05, 4.69) is 11.1 Å². The van der Waals surface area contributed by atoms with Crippen molar-refractivity contribution in [3.63, 3.8) is 0 Å². The molecule has 4 nitrogen and oxygen atoms in total. The van der Waals surface area contributed by atoms with Crippen LogP contribution in [0, 0.1) is 13.8 Å². The number of aromatic nitrogens is 1. The summed E-state index contributed by atoms with van der Waals surface area (Å²) < 4.78 is 10.7. The fourth-order valence-corrected chi connectivity index (χ4v) is 3.07. The highest BCUT2D eigenvalue weighted by atomic mass is 16.5. The lowest BCUT2D eigenvalue weighted by molar-refractivity contribution is 0.217. The Kier molecular flexibility index (Phi) is 4.40. The summed E-state index contributed by atoms with van der Waals surface area (Å²) in [6.45, 7) is 4.04. The molecule has 2 aromatic carbocycles. The molecule has 1 heterocycles. The fourth-order valence-electron chi connectivity index (χ4n) is 3.07. The topological polar surface area (TPSA) is 51.6 Å². The number of nitrogens with zero attached hydrogens (tertiary/aromatic N) is 1. The molecule has 0 fully saturated rings. The number of pyridine rings is 1. The van der Waals surface area contributed by atoms with Gasteiger partial charge < -0.3 is 14.6 Å². The lowest BCUT2D eigenvalue weighted by Gasteiger charge is -2.16. The second-order valence-corrected chi connectivity index (χ2v) is 5.95. The van der Waals surface area contributed by atoms with Gasteiger partial charge in [0.25, 0.3) is 0 Å². The first-order valence-electron chi connectivity index (χ1n) is 7.80. The van der Waals surface area contributed by atoms with Crippen LogP contribution in [0.4, 0.5) is 0 Å². The van der Waals surface area contributed by atoms with E-state index in [4.69, 9.17) is 9.47 Å². The summed E-state index contributed by atoms with van der Waals surface area (Å²) in [6.07, 6.45) is 0.903. The van der Waals surface area contributed by atoms with Crippen molar-refractivity contribution in [2.24, 2.45) is 0 Å². The van der Waals surface area contributed by atoms with Gasteiger partial charge in [0.15, 0.2) is 11.5 Å². The number of rotatable bonds is 4. The molecule has 0 bridgehead atoms. The van der Waals surface area contributed by atoms with Crippen molar-refractivity contribution in [1.82, 2.24) is 4.98 Å². The minimum atomic E-state index is -0.801. The third-order valence-corrected chi connectivity index (χ3v) is 4.12. The number of fused-ring (bicyclic) bond motifs is 1. The van der Waals surface area contributed by atoms with Crippen LogP contribution in [0.2, 0.25) is 0 Å². The van der Waals surface area contributed by atoms with E-state index in [-0.39, 0.29) is 0 Å². The summed E-state index contributed by atoms with van der Waals surface area (Å²) >= 11 is 0. The number of hydrogen-bond donors (Lipinski definition) is 1. The van der Waals surface area contributed by atoms with Crippen LogP contribution in [-0.4, -0.2) is 24.3 Å². The normalized spacial score (nSPS) is 12.2. The zero-order valence-electron chi connectivity index (χ0n) is 14.3. The van der Waals surface area contributed by atoms with Gasteiger partial charge in [0.2, 0.25) is 0 Å². The largest absolute Gasteiger partial charge is 0.493 e. The molecule has 1 N–H and O–H groups in total. The van der Waals surface area contributed by atoms with E-state index in [0.29, 0.717) is 17.2 Å². The maximum atomic E-state index is 10.9. The molecule has 0 radical (unpaired) electrons. The molecule has 124 valence electrons. The number of methoxy groups -OCH3 is 2. The van der Waals surface area contributed by atoms with Crippen molar-refractivity contribution in [2.75, 3.05) is 14.2 Å². The van der Waals surface area contributed by atoms with Crippen LogP contribution >= 0.6 is 0 Å². The van der Waals surface area contributed by atoms with Gasteiger partial charge in [-0.15, -0.1) is 0 Å². The third-order valence-electron chi connectivity index (χ3n) is 4.12. The molecule has 0 saturated carbocycles. The zero-order valence-corrected chi connectivity index (χ0v) is 14.3. The molecule has 0 spiro atoms. The Bertz CT molecular complexity index is 869. The van der Waals surface area contributed by atoms with Gasteiger partial charge in [0.1, 0.15) is 6.10 Å². The highest BCUT2D eigenvalue weighted by Gasteiger charge is 2.18. The Labute approximate surface area is 141 Å². The maximum Gasteiger partial charge on any atom is 0.161 e. The Balaban J connectivity index is 2.18. The van der Waals surface area contributed by atoms with Crippen LogP contribution < -0.4 is 9.47 Å². The van der Waals surface area contributed by atoms with Gasteiger partial charge in [-0.1, -0.05) is 29.3 Å². The zero-order chi connectivity index (χ0) is 17.3. The number of ether oxygens (including phenoxy) is 2. The van der Waals surface area contributed by atoms with Crippen LogP contribution in [0.1, 0.15) is 28.5 Å². The third kappa shape index (κ3) is 2.93. The Morgan fingerprint density at radius 3 is 2.17 bits per heavy atom. The van der Waals surface area contributed by atoms with Gasteiger partial charge in [-0.3, -0.25) is 4.98 Å². The maximum absolute atomic E-state index is 10.9. The van der Waals surface area contributed by atoms with Crippen LogP contribution in [0.15, 0.2) is 42.6 Å². The van der Waals surface area contributed by atoms with Gasteiger partial charge >= 0.3 is 0 Å². The lowest BCUT2D eigenvalue weighted by Crippen LogP contribution is -2.04. The fraction of sp³-hybridized carbons (Fsp3) is 0.250. The second-order valence-electron chi connectivity index (χ2n) is 5.95. The van der Waals surface area contributed by atoms with Crippen molar-refractivity contribution in [2.45, 2.75) is 20.0 Å². The van der Waals surface area contributed by atoms with Crippen LogP contribution in [-0.2, 0) is 0 Å². The minimum Gasteiger partial charge on any atom is -0.493 e. The van der Waals surface area contributed by atoms with Crippen molar-refractivity contribution < 1.29 is 14.6 Å². The van der Waals surface area contributed by atoms with Crippen LogP contribution in [0.5, 0.6) is 11.5 Å². The van der Waals surface area contributed by atoms with E-state index in [1.165, 1.54) is 0 Å². The number of aliphatic hydroxyl groups excluding tert-OH is 1. The molecular weight excluding hydrogens is 302 g/mol. The van der Waals surface area contributed by atoms with Gasteiger partial charge in [0, 0.05) is 11.6 Å². The Morgan fingerprint density at radius 1 is 0.917 bits per heavy atom. The van der Waals surface area contributed by atoms with Crippen molar-refractivity contribution in [1.29, 1.82) is 0 Å². The number of aliphatic hydroxyl groups is 1. The van der Waals surface area contributed by atoms with Gasteiger partial charge in [-0.25, -0.2) is 0 Å². The van der Waals surface area contributed by atoms with Crippen molar-refractivity contribution >= 4 is 10.8 Å². The average Bonchev–Trinajstić information content (AvgIpc) is 2.58. The number of aryl methyl sites for hydroxylation is 2. The first-order valence-corrected chi connectivity index (χ1v) is 7.80. The Morgan fingerprint density at radius 2 is 1.54 bits per heavy atom. The summed E-state index contributed by atoms with van der Waals surface area (Å²) in [5, 5.41) is 12.7. The summed E-state index contributed by atoms with van der Waals surface area (Å²) in [5.74, 6) is 1.27. The molecule has 4 heteroatoms. The summed E-state index contributed by atoms with van der Waals surface area (Å²) in [5.41, 5.74) is 3.67. The van der Waals surface area contributed by atoms with E-state index in [1.54, 1.807) is 20.4 Å². The van der Waals surface area contributed by atoms with Gasteiger partial charge in [0.05, 0.1) is 19.9 Å². The summed E-state index contributed by atoms with van der Waals surface area (Å²) in [7, 11) is 3.20. The monoisotopic (exact) mass is 323 g/mol. The molecule has 1 atom stereocenters. The lowest BCUT2D eigenvalue weighted by atomic mass is 9.97. The molecule has 0 saturated heterocycles. The Hall–Kier alpha value is -2.59. The molecule has 1 aromatic heterocycles. The second kappa shape index (κ2) is 6.49. The number of benzene rings is 2.